The monoisotopic (exact) mass is 250 g/mol. The molecule has 2 N–H and O–H groups in total. The SMILES string of the molecule is NC(=N/N=C\C=C/c1ccccc1)c1ccccn1. The fraction of sp³-hybridized carbons (Fsp3) is 0. The molecule has 0 unspecified atom stereocenters. The average Bonchev–Trinajstić information content (AvgIpc) is 2.49. The van der Waals surface area contributed by atoms with Crippen molar-refractivity contribution in [1.82, 2.24) is 4.98 Å². The second-order valence-corrected chi connectivity index (χ2v) is 3.73. The number of aromatic nitrogens is 1. The van der Waals surface area contributed by atoms with Gasteiger partial charge in [-0.2, -0.15) is 5.10 Å². The summed E-state index contributed by atoms with van der Waals surface area (Å²) >= 11 is 0. The first-order valence-corrected chi connectivity index (χ1v) is 5.86. The van der Waals surface area contributed by atoms with Crippen LogP contribution in [0.15, 0.2) is 71.0 Å². The summed E-state index contributed by atoms with van der Waals surface area (Å²) in [6, 6.07) is 15.4. The van der Waals surface area contributed by atoms with Crippen molar-refractivity contribution in [3.05, 3.63) is 72.1 Å². The van der Waals surface area contributed by atoms with Crippen molar-refractivity contribution >= 4 is 18.1 Å². The molecule has 1 aromatic carbocycles. The molecule has 4 heteroatoms. The standard InChI is InChI=1S/C15H14N4/c16-15(14-10-4-5-11-17-14)19-18-12-6-9-13-7-2-1-3-8-13/h1-12H,(H2,16,19)/b9-6-,18-12-. The van der Waals surface area contributed by atoms with Crippen molar-refractivity contribution in [3.63, 3.8) is 0 Å². The molecule has 19 heavy (non-hydrogen) atoms. The molecule has 0 saturated heterocycles. The summed E-state index contributed by atoms with van der Waals surface area (Å²) in [6.45, 7) is 0. The average molecular weight is 250 g/mol. The van der Waals surface area contributed by atoms with Crippen molar-refractivity contribution in [2.75, 3.05) is 0 Å². The third kappa shape index (κ3) is 4.20. The molecule has 0 aliphatic rings. The Hall–Kier alpha value is -2.75. The van der Waals surface area contributed by atoms with Gasteiger partial charge in [0, 0.05) is 12.4 Å². The Bertz CT molecular complexity index is 586. The lowest BCUT2D eigenvalue weighted by molar-refractivity contribution is 1.20. The molecule has 2 aromatic rings. The van der Waals surface area contributed by atoms with Crippen LogP contribution in [0, 0.1) is 0 Å². The van der Waals surface area contributed by atoms with Gasteiger partial charge >= 0.3 is 0 Å². The molecular formula is C15H14N4. The summed E-state index contributed by atoms with van der Waals surface area (Å²) in [4.78, 5) is 4.08. The van der Waals surface area contributed by atoms with E-state index in [9.17, 15) is 0 Å². The molecule has 0 bridgehead atoms. The Balaban J connectivity index is 1.95. The van der Waals surface area contributed by atoms with Gasteiger partial charge in [0.2, 0.25) is 0 Å². The number of benzene rings is 1. The molecule has 0 fully saturated rings. The number of rotatable bonds is 4. The minimum absolute atomic E-state index is 0.296. The van der Waals surface area contributed by atoms with E-state index in [1.54, 1.807) is 18.5 Å². The van der Waals surface area contributed by atoms with Gasteiger partial charge in [0.25, 0.3) is 0 Å². The maximum absolute atomic E-state index is 5.74. The Morgan fingerprint density at radius 2 is 1.84 bits per heavy atom. The number of allylic oxidation sites excluding steroid dienone is 1. The Kier molecular flexibility index (Phi) is 4.58. The predicted octanol–water partition coefficient (Wildman–Crippen LogP) is 2.49. The van der Waals surface area contributed by atoms with E-state index in [4.69, 9.17) is 5.73 Å². The highest BCUT2D eigenvalue weighted by Crippen LogP contribution is 1.99. The molecule has 4 nitrogen and oxygen atoms in total. The van der Waals surface area contributed by atoms with Gasteiger partial charge < -0.3 is 5.73 Å². The van der Waals surface area contributed by atoms with Gasteiger partial charge in [-0.1, -0.05) is 42.5 Å². The molecule has 2 rings (SSSR count). The van der Waals surface area contributed by atoms with Gasteiger partial charge in [-0.3, -0.25) is 4.98 Å². The van der Waals surface area contributed by atoms with Crippen LogP contribution >= 0.6 is 0 Å². The van der Waals surface area contributed by atoms with Crippen molar-refractivity contribution in [1.29, 1.82) is 0 Å². The molecule has 0 aliphatic heterocycles. The topological polar surface area (TPSA) is 63.6 Å². The Labute approximate surface area is 112 Å². The van der Waals surface area contributed by atoms with Crippen LogP contribution in [-0.2, 0) is 0 Å². The van der Waals surface area contributed by atoms with Gasteiger partial charge in [0.05, 0.1) is 0 Å². The molecule has 0 saturated carbocycles. The van der Waals surface area contributed by atoms with Gasteiger partial charge in [0.1, 0.15) is 5.69 Å². The second-order valence-electron chi connectivity index (χ2n) is 3.73. The minimum atomic E-state index is 0.296. The maximum Gasteiger partial charge on any atom is 0.171 e. The number of hydrogen-bond donors (Lipinski definition) is 1. The summed E-state index contributed by atoms with van der Waals surface area (Å²) in [6.07, 6.45) is 7.00. The van der Waals surface area contributed by atoms with Gasteiger partial charge in [0.15, 0.2) is 5.84 Å². The molecule has 0 atom stereocenters. The lowest BCUT2D eigenvalue weighted by Crippen LogP contribution is -2.14. The van der Waals surface area contributed by atoms with Crippen LogP contribution in [0.1, 0.15) is 11.3 Å². The maximum atomic E-state index is 5.74. The molecule has 1 heterocycles. The van der Waals surface area contributed by atoms with Crippen molar-refractivity contribution in [2.24, 2.45) is 15.9 Å². The molecule has 0 radical (unpaired) electrons. The molecule has 0 spiro atoms. The first-order chi connectivity index (χ1) is 9.36. The normalized spacial score (nSPS) is 12.3. The smallest absolute Gasteiger partial charge is 0.171 e. The van der Waals surface area contributed by atoms with Crippen LogP contribution in [0.3, 0.4) is 0 Å². The molecule has 0 amide bonds. The highest BCUT2D eigenvalue weighted by molar-refractivity contribution is 5.95. The predicted molar refractivity (Wildman–Crippen MR) is 78.9 cm³/mol. The summed E-state index contributed by atoms with van der Waals surface area (Å²) in [5.74, 6) is 0.296. The Morgan fingerprint density at radius 3 is 2.58 bits per heavy atom. The Morgan fingerprint density at radius 1 is 1.05 bits per heavy atom. The van der Waals surface area contributed by atoms with Crippen LogP contribution in [0.5, 0.6) is 0 Å². The zero-order valence-electron chi connectivity index (χ0n) is 10.3. The molecule has 1 aromatic heterocycles. The summed E-state index contributed by atoms with van der Waals surface area (Å²) in [5, 5.41) is 7.75. The lowest BCUT2D eigenvalue weighted by Gasteiger charge is -1.94. The van der Waals surface area contributed by atoms with Gasteiger partial charge in [-0.15, -0.1) is 5.10 Å². The van der Waals surface area contributed by atoms with E-state index in [-0.39, 0.29) is 0 Å². The first-order valence-electron chi connectivity index (χ1n) is 5.86. The minimum Gasteiger partial charge on any atom is -0.380 e. The third-order valence-corrected chi connectivity index (χ3v) is 2.33. The van der Waals surface area contributed by atoms with Crippen LogP contribution in [0.4, 0.5) is 0 Å². The third-order valence-electron chi connectivity index (χ3n) is 2.33. The second kappa shape index (κ2) is 6.86. The van der Waals surface area contributed by atoms with E-state index in [1.807, 2.05) is 54.6 Å². The fourth-order valence-corrected chi connectivity index (χ4v) is 1.42. The van der Waals surface area contributed by atoms with E-state index in [0.717, 1.165) is 5.56 Å². The molecule has 94 valence electrons. The van der Waals surface area contributed by atoms with E-state index in [0.29, 0.717) is 11.5 Å². The van der Waals surface area contributed by atoms with Crippen LogP contribution in [0.2, 0.25) is 0 Å². The fourth-order valence-electron chi connectivity index (χ4n) is 1.42. The highest BCUT2D eigenvalue weighted by Gasteiger charge is 1.95. The van der Waals surface area contributed by atoms with Crippen molar-refractivity contribution in [2.45, 2.75) is 0 Å². The van der Waals surface area contributed by atoms with Crippen molar-refractivity contribution in [3.8, 4) is 0 Å². The first kappa shape index (κ1) is 12.7. The number of hydrogen-bond acceptors (Lipinski definition) is 3. The van der Waals surface area contributed by atoms with Crippen LogP contribution < -0.4 is 5.73 Å². The molecular weight excluding hydrogens is 236 g/mol. The van der Waals surface area contributed by atoms with E-state index >= 15 is 0 Å². The summed E-state index contributed by atoms with van der Waals surface area (Å²) < 4.78 is 0. The number of amidine groups is 1. The lowest BCUT2D eigenvalue weighted by atomic mass is 10.2. The number of nitrogens with zero attached hydrogens (tertiary/aromatic N) is 3. The summed E-state index contributed by atoms with van der Waals surface area (Å²) in [5.41, 5.74) is 7.46. The number of nitrogens with two attached hydrogens (primary N) is 1. The highest BCUT2D eigenvalue weighted by atomic mass is 15.2. The molecule has 0 aliphatic carbocycles. The van der Waals surface area contributed by atoms with E-state index in [1.165, 1.54) is 0 Å². The van der Waals surface area contributed by atoms with Crippen LogP contribution in [-0.4, -0.2) is 17.0 Å². The largest absolute Gasteiger partial charge is 0.380 e. The van der Waals surface area contributed by atoms with Crippen molar-refractivity contribution < 1.29 is 0 Å². The quantitative estimate of drug-likeness (QED) is 0.514. The number of pyridine rings is 1. The zero-order chi connectivity index (χ0) is 13.3. The van der Waals surface area contributed by atoms with Gasteiger partial charge in [-0.05, 0) is 23.8 Å². The van der Waals surface area contributed by atoms with Gasteiger partial charge in [-0.25, -0.2) is 0 Å². The van der Waals surface area contributed by atoms with E-state index in [2.05, 4.69) is 15.2 Å². The van der Waals surface area contributed by atoms with E-state index < -0.39 is 0 Å². The summed E-state index contributed by atoms with van der Waals surface area (Å²) in [7, 11) is 0. The zero-order valence-corrected chi connectivity index (χ0v) is 10.3. The van der Waals surface area contributed by atoms with Crippen LogP contribution in [0.25, 0.3) is 6.08 Å².